The van der Waals surface area contributed by atoms with Crippen molar-refractivity contribution in [2.45, 2.75) is 33.1 Å². The first kappa shape index (κ1) is 12.4. The van der Waals surface area contributed by atoms with Gasteiger partial charge in [0.1, 0.15) is 5.75 Å². The number of ether oxygens (including phenoxy) is 1. The molecule has 0 radical (unpaired) electrons. The molecule has 0 spiro atoms. The summed E-state index contributed by atoms with van der Waals surface area (Å²) in [6.45, 7) is 7.43. The maximum Gasteiger partial charge on any atom is 0.122 e. The molecule has 1 N–H and O–H groups in total. The van der Waals surface area contributed by atoms with E-state index in [1.165, 1.54) is 36.9 Å². The van der Waals surface area contributed by atoms with Crippen molar-refractivity contribution in [3.8, 4) is 5.75 Å². The third-order valence-corrected chi connectivity index (χ3v) is 3.51. The van der Waals surface area contributed by atoms with Gasteiger partial charge in [0.05, 0.1) is 6.61 Å². The predicted octanol–water partition coefficient (Wildman–Crippen LogP) is 3.07. The molecule has 1 aliphatic rings. The van der Waals surface area contributed by atoms with E-state index in [9.17, 15) is 0 Å². The smallest absolute Gasteiger partial charge is 0.122 e. The molecule has 0 aliphatic carbocycles. The lowest BCUT2D eigenvalue weighted by molar-refractivity contribution is 0.253. The van der Waals surface area contributed by atoms with Gasteiger partial charge in [0.15, 0.2) is 0 Å². The average Bonchev–Trinajstić information content (AvgIpc) is 2.33. The van der Waals surface area contributed by atoms with Crippen molar-refractivity contribution in [3.63, 3.8) is 0 Å². The standard InChI is InChI=1S/C15H23NO/c1-12-5-6-15(13(2)10-12)17-9-7-14-4-3-8-16-11-14/h5-6,10,14,16H,3-4,7-9,11H2,1-2H3. The van der Waals surface area contributed by atoms with Gasteiger partial charge in [-0.1, -0.05) is 17.7 Å². The molecule has 1 saturated heterocycles. The Balaban J connectivity index is 1.77. The van der Waals surface area contributed by atoms with Crippen molar-refractivity contribution >= 4 is 0 Å². The fraction of sp³-hybridized carbons (Fsp3) is 0.600. The molecular formula is C15H23NO. The van der Waals surface area contributed by atoms with Gasteiger partial charge >= 0.3 is 0 Å². The normalized spacial score (nSPS) is 20.2. The highest BCUT2D eigenvalue weighted by molar-refractivity contribution is 5.35. The van der Waals surface area contributed by atoms with Crippen LogP contribution in [0.1, 0.15) is 30.4 Å². The molecule has 1 aromatic rings. The number of nitrogens with one attached hydrogen (secondary N) is 1. The van der Waals surface area contributed by atoms with Gasteiger partial charge in [-0.25, -0.2) is 0 Å². The van der Waals surface area contributed by atoms with E-state index in [4.69, 9.17) is 4.74 Å². The Morgan fingerprint density at radius 3 is 2.94 bits per heavy atom. The Hall–Kier alpha value is -1.02. The van der Waals surface area contributed by atoms with Gasteiger partial charge in [0.25, 0.3) is 0 Å². The number of hydrogen-bond acceptors (Lipinski definition) is 2. The maximum absolute atomic E-state index is 5.87. The van der Waals surface area contributed by atoms with Crippen LogP contribution in [0.2, 0.25) is 0 Å². The monoisotopic (exact) mass is 233 g/mol. The Bertz CT molecular complexity index is 356. The van der Waals surface area contributed by atoms with E-state index in [0.29, 0.717) is 0 Å². The summed E-state index contributed by atoms with van der Waals surface area (Å²) in [6, 6.07) is 6.38. The number of piperidine rings is 1. The summed E-state index contributed by atoms with van der Waals surface area (Å²) in [5, 5.41) is 3.45. The number of rotatable bonds is 4. The second-order valence-electron chi connectivity index (χ2n) is 5.12. The molecule has 1 atom stereocenters. The minimum Gasteiger partial charge on any atom is -0.493 e. The maximum atomic E-state index is 5.87. The summed E-state index contributed by atoms with van der Waals surface area (Å²) in [4.78, 5) is 0. The van der Waals surface area contributed by atoms with E-state index < -0.39 is 0 Å². The Labute approximate surface area is 104 Å². The Morgan fingerprint density at radius 2 is 2.24 bits per heavy atom. The minimum absolute atomic E-state index is 0.800. The topological polar surface area (TPSA) is 21.3 Å². The van der Waals surface area contributed by atoms with Crippen LogP contribution in [0.3, 0.4) is 0 Å². The summed E-state index contributed by atoms with van der Waals surface area (Å²) in [5.41, 5.74) is 2.54. The average molecular weight is 233 g/mol. The van der Waals surface area contributed by atoms with Crippen LogP contribution >= 0.6 is 0 Å². The lowest BCUT2D eigenvalue weighted by atomic mass is 9.97. The number of aryl methyl sites for hydroxylation is 2. The molecule has 2 heteroatoms. The van der Waals surface area contributed by atoms with E-state index in [2.05, 4.69) is 37.4 Å². The van der Waals surface area contributed by atoms with Gasteiger partial charge in [-0.15, -0.1) is 0 Å². The second-order valence-corrected chi connectivity index (χ2v) is 5.12. The zero-order chi connectivity index (χ0) is 12.1. The zero-order valence-corrected chi connectivity index (χ0v) is 11.0. The minimum atomic E-state index is 0.800. The van der Waals surface area contributed by atoms with Gasteiger partial charge in [-0.05, 0) is 63.7 Å². The molecule has 94 valence electrons. The summed E-state index contributed by atoms with van der Waals surface area (Å²) in [7, 11) is 0. The highest BCUT2D eigenvalue weighted by atomic mass is 16.5. The van der Waals surface area contributed by atoms with Crippen LogP contribution in [0.5, 0.6) is 5.75 Å². The molecule has 1 aromatic carbocycles. The fourth-order valence-electron chi connectivity index (χ4n) is 2.47. The van der Waals surface area contributed by atoms with Crippen molar-refractivity contribution in [1.82, 2.24) is 5.32 Å². The molecular weight excluding hydrogens is 210 g/mol. The van der Waals surface area contributed by atoms with Crippen molar-refractivity contribution < 1.29 is 4.74 Å². The molecule has 1 heterocycles. The molecule has 2 rings (SSSR count). The second kappa shape index (κ2) is 6.06. The van der Waals surface area contributed by atoms with Crippen LogP contribution in [0.15, 0.2) is 18.2 Å². The van der Waals surface area contributed by atoms with Crippen LogP contribution in [0.4, 0.5) is 0 Å². The Kier molecular flexibility index (Phi) is 4.43. The highest BCUT2D eigenvalue weighted by Crippen LogP contribution is 2.20. The molecule has 1 fully saturated rings. The SMILES string of the molecule is Cc1ccc(OCCC2CCCNC2)c(C)c1. The summed E-state index contributed by atoms with van der Waals surface area (Å²) < 4.78 is 5.87. The van der Waals surface area contributed by atoms with Crippen molar-refractivity contribution in [1.29, 1.82) is 0 Å². The summed E-state index contributed by atoms with van der Waals surface area (Å²) >= 11 is 0. The van der Waals surface area contributed by atoms with E-state index in [1.807, 2.05) is 0 Å². The lowest BCUT2D eigenvalue weighted by Gasteiger charge is -2.22. The number of benzene rings is 1. The molecule has 17 heavy (non-hydrogen) atoms. The summed E-state index contributed by atoms with van der Waals surface area (Å²) in [5.74, 6) is 1.84. The van der Waals surface area contributed by atoms with Crippen molar-refractivity contribution in [2.75, 3.05) is 19.7 Å². The summed E-state index contributed by atoms with van der Waals surface area (Å²) in [6.07, 6.45) is 3.83. The molecule has 2 nitrogen and oxygen atoms in total. The van der Waals surface area contributed by atoms with Crippen molar-refractivity contribution in [3.05, 3.63) is 29.3 Å². The van der Waals surface area contributed by atoms with E-state index in [1.54, 1.807) is 0 Å². The van der Waals surface area contributed by atoms with E-state index in [-0.39, 0.29) is 0 Å². The van der Waals surface area contributed by atoms with Crippen LogP contribution < -0.4 is 10.1 Å². The van der Waals surface area contributed by atoms with Gasteiger partial charge in [-0.3, -0.25) is 0 Å². The largest absolute Gasteiger partial charge is 0.493 e. The van der Waals surface area contributed by atoms with Gasteiger partial charge in [0, 0.05) is 0 Å². The Morgan fingerprint density at radius 1 is 1.35 bits per heavy atom. The lowest BCUT2D eigenvalue weighted by Crippen LogP contribution is -2.30. The molecule has 1 aliphatic heterocycles. The third kappa shape index (κ3) is 3.74. The third-order valence-electron chi connectivity index (χ3n) is 3.51. The molecule has 0 aromatic heterocycles. The highest BCUT2D eigenvalue weighted by Gasteiger charge is 2.12. The number of hydrogen-bond donors (Lipinski definition) is 1. The molecule has 0 bridgehead atoms. The fourth-order valence-corrected chi connectivity index (χ4v) is 2.47. The van der Waals surface area contributed by atoms with E-state index >= 15 is 0 Å². The molecule has 0 amide bonds. The molecule has 1 unspecified atom stereocenters. The van der Waals surface area contributed by atoms with Gasteiger partial charge in [0.2, 0.25) is 0 Å². The van der Waals surface area contributed by atoms with Crippen LogP contribution in [0, 0.1) is 19.8 Å². The van der Waals surface area contributed by atoms with E-state index in [0.717, 1.165) is 24.8 Å². The van der Waals surface area contributed by atoms with Gasteiger partial charge in [-0.2, -0.15) is 0 Å². The van der Waals surface area contributed by atoms with Crippen LogP contribution in [-0.2, 0) is 0 Å². The first-order valence-electron chi connectivity index (χ1n) is 6.66. The first-order valence-corrected chi connectivity index (χ1v) is 6.66. The first-order chi connectivity index (χ1) is 8.25. The predicted molar refractivity (Wildman–Crippen MR) is 71.6 cm³/mol. The zero-order valence-electron chi connectivity index (χ0n) is 11.0. The quantitative estimate of drug-likeness (QED) is 0.863. The van der Waals surface area contributed by atoms with Crippen LogP contribution in [-0.4, -0.2) is 19.7 Å². The van der Waals surface area contributed by atoms with Crippen molar-refractivity contribution in [2.24, 2.45) is 5.92 Å². The van der Waals surface area contributed by atoms with Crippen LogP contribution in [0.25, 0.3) is 0 Å². The van der Waals surface area contributed by atoms with Gasteiger partial charge < -0.3 is 10.1 Å². The molecule has 0 saturated carbocycles.